The molecule has 0 radical (unpaired) electrons. The van der Waals surface area contributed by atoms with Crippen LogP contribution in [0.1, 0.15) is 32.1 Å². The van der Waals surface area contributed by atoms with Gasteiger partial charge in [0.05, 0.1) is 6.54 Å². The molecule has 0 saturated heterocycles. The number of hydrogen-bond donors (Lipinski definition) is 0. The molecular formula is C9H15N. The number of nitrogens with zero attached hydrogens (tertiary/aromatic N) is 1. The molecule has 0 N–H and O–H groups in total. The van der Waals surface area contributed by atoms with Gasteiger partial charge < -0.3 is 0 Å². The van der Waals surface area contributed by atoms with Gasteiger partial charge in [0.25, 0.3) is 0 Å². The van der Waals surface area contributed by atoms with Crippen molar-refractivity contribution in [2.75, 3.05) is 6.54 Å². The van der Waals surface area contributed by atoms with Crippen LogP contribution in [-0.4, -0.2) is 12.4 Å². The van der Waals surface area contributed by atoms with Crippen molar-refractivity contribution in [3.05, 3.63) is 6.58 Å². The fraction of sp³-hybridized carbons (Fsp3) is 0.778. The molecule has 1 nitrogen and oxygen atoms in total. The Bertz CT molecular complexity index is 128. The molecule has 1 rings (SSSR count). The molecular weight excluding hydrogens is 122 g/mol. The summed E-state index contributed by atoms with van der Waals surface area (Å²) in [5.41, 5.74) is 0. The lowest BCUT2D eigenvalue weighted by Gasteiger charge is -2.18. The minimum atomic E-state index is 0.836. The minimum Gasteiger partial charge on any atom is -0.243 e. The van der Waals surface area contributed by atoms with E-state index >= 15 is 0 Å². The molecule has 0 aromatic heterocycles. The maximum Gasteiger partial charge on any atom is 0.0511 e. The summed E-state index contributed by atoms with van der Waals surface area (Å²) in [7, 11) is 0. The lowest BCUT2D eigenvalue weighted by Crippen LogP contribution is -2.08. The predicted octanol–water partition coefficient (Wildman–Crippen LogP) is 2.42. The Morgan fingerprint density at radius 2 is 2.00 bits per heavy atom. The van der Waals surface area contributed by atoms with E-state index in [2.05, 4.69) is 17.4 Å². The van der Waals surface area contributed by atoms with Gasteiger partial charge in [0.2, 0.25) is 0 Å². The van der Waals surface area contributed by atoms with Crippen LogP contribution in [0.3, 0.4) is 0 Å². The smallest absolute Gasteiger partial charge is 0.0511 e. The van der Waals surface area contributed by atoms with E-state index in [0.29, 0.717) is 0 Å². The molecule has 0 spiro atoms. The number of rotatable bonds is 2. The summed E-state index contributed by atoms with van der Waals surface area (Å²) in [6, 6.07) is 0. The largest absolute Gasteiger partial charge is 0.243 e. The molecule has 56 valence electrons. The first kappa shape index (κ1) is 7.56. The van der Waals surface area contributed by atoms with Crippen molar-refractivity contribution in [3.63, 3.8) is 0 Å². The summed E-state index contributed by atoms with van der Waals surface area (Å²) in [5, 5.41) is 0. The molecule has 0 bridgehead atoms. The monoisotopic (exact) mass is 137 g/mol. The van der Waals surface area contributed by atoms with Gasteiger partial charge >= 0.3 is 0 Å². The highest BCUT2D eigenvalue weighted by Gasteiger charge is 2.11. The molecule has 1 heteroatoms. The highest BCUT2D eigenvalue weighted by molar-refractivity contribution is 5.46. The third-order valence-electron chi connectivity index (χ3n) is 2.19. The van der Waals surface area contributed by atoms with E-state index < -0.39 is 0 Å². The summed E-state index contributed by atoms with van der Waals surface area (Å²) in [4.78, 5) is 4.03. The quantitative estimate of drug-likeness (QED) is 0.518. The average Bonchev–Trinajstić information content (AvgIpc) is 2.03. The molecule has 0 aliphatic heterocycles. The Morgan fingerprint density at radius 3 is 2.60 bits per heavy atom. The summed E-state index contributed by atoms with van der Waals surface area (Å²) in [6.45, 7) is 4.42. The van der Waals surface area contributed by atoms with E-state index in [9.17, 15) is 0 Å². The Labute approximate surface area is 62.9 Å². The van der Waals surface area contributed by atoms with Gasteiger partial charge in [-0.2, -0.15) is 0 Å². The Kier molecular flexibility index (Phi) is 3.25. The van der Waals surface area contributed by atoms with Gasteiger partial charge in [-0.25, -0.2) is 4.99 Å². The van der Waals surface area contributed by atoms with Crippen LogP contribution in [-0.2, 0) is 0 Å². The highest BCUT2D eigenvalue weighted by atomic mass is 14.7. The molecule has 1 fully saturated rings. The molecule has 10 heavy (non-hydrogen) atoms. The van der Waals surface area contributed by atoms with Crippen molar-refractivity contribution in [1.29, 1.82) is 0 Å². The fourth-order valence-electron chi connectivity index (χ4n) is 1.56. The Balaban J connectivity index is 2.19. The molecule has 0 atom stereocenters. The standard InChI is InChI=1S/C9H15N/c1-2-10-8-9-6-4-3-5-7-9/h9H,1,3-8H2. The van der Waals surface area contributed by atoms with Crippen LogP contribution in [0.2, 0.25) is 0 Å². The first-order valence-corrected chi connectivity index (χ1v) is 4.12. The molecule has 1 aliphatic rings. The van der Waals surface area contributed by atoms with Crippen LogP contribution in [0.4, 0.5) is 0 Å². The van der Waals surface area contributed by atoms with Crippen LogP contribution >= 0.6 is 0 Å². The highest BCUT2D eigenvalue weighted by Crippen LogP contribution is 2.23. The molecule has 0 amide bonds. The van der Waals surface area contributed by atoms with Crippen LogP contribution < -0.4 is 0 Å². The van der Waals surface area contributed by atoms with Crippen molar-refractivity contribution < 1.29 is 0 Å². The third-order valence-corrected chi connectivity index (χ3v) is 2.19. The normalized spacial score (nSPS) is 20.0. The Morgan fingerprint density at radius 1 is 1.30 bits per heavy atom. The lowest BCUT2D eigenvalue weighted by molar-refractivity contribution is 0.367. The third kappa shape index (κ3) is 2.36. The number of hydrogen-bond acceptors (Lipinski definition) is 1. The summed E-state index contributed by atoms with van der Waals surface area (Å²) in [6.07, 6.45) is 6.96. The Hall–Kier alpha value is -0.550. The first-order chi connectivity index (χ1) is 4.93. The van der Waals surface area contributed by atoms with Gasteiger partial charge in [-0.3, -0.25) is 0 Å². The number of aliphatic imine (C=N–C) groups is 1. The molecule has 0 unspecified atom stereocenters. The molecule has 0 aromatic carbocycles. The summed E-state index contributed by atoms with van der Waals surface area (Å²) < 4.78 is 0. The predicted molar refractivity (Wildman–Crippen MR) is 44.5 cm³/mol. The maximum absolute atomic E-state index is 4.03. The van der Waals surface area contributed by atoms with E-state index in [1.807, 2.05) is 0 Å². The van der Waals surface area contributed by atoms with Gasteiger partial charge in [0, 0.05) is 0 Å². The van der Waals surface area contributed by atoms with E-state index in [1.165, 1.54) is 32.1 Å². The van der Waals surface area contributed by atoms with Crippen molar-refractivity contribution in [2.45, 2.75) is 32.1 Å². The second-order valence-electron chi connectivity index (χ2n) is 3.00. The van der Waals surface area contributed by atoms with Crippen LogP contribution in [0.5, 0.6) is 0 Å². The second-order valence-corrected chi connectivity index (χ2v) is 3.00. The minimum absolute atomic E-state index is 0.836. The van der Waals surface area contributed by atoms with Crippen LogP contribution in [0, 0.1) is 5.92 Å². The molecule has 0 heterocycles. The summed E-state index contributed by atoms with van der Waals surface area (Å²) >= 11 is 0. The van der Waals surface area contributed by atoms with Crippen molar-refractivity contribution in [1.82, 2.24) is 0 Å². The van der Waals surface area contributed by atoms with Gasteiger partial charge in [-0.05, 0) is 31.2 Å². The van der Waals surface area contributed by atoms with Crippen molar-refractivity contribution in [3.8, 4) is 0 Å². The molecule has 1 saturated carbocycles. The van der Waals surface area contributed by atoms with E-state index in [0.717, 1.165) is 12.5 Å². The fourth-order valence-corrected chi connectivity index (χ4v) is 1.56. The second kappa shape index (κ2) is 4.29. The van der Waals surface area contributed by atoms with E-state index in [4.69, 9.17) is 0 Å². The summed E-state index contributed by atoms with van der Waals surface area (Å²) in [5.74, 6) is 3.43. The first-order valence-electron chi connectivity index (χ1n) is 4.12. The zero-order chi connectivity index (χ0) is 7.23. The molecule has 1 aliphatic carbocycles. The van der Waals surface area contributed by atoms with Crippen LogP contribution in [0.15, 0.2) is 11.6 Å². The average molecular weight is 137 g/mol. The zero-order valence-corrected chi connectivity index (χ0v) is 6.47. The van der Waals surface area contributed by atoms with Gasteiger partial charge in [0.15, 0.2) is 0 Å². The SMILES string of the molecule is C=C=NCC1CCCCC1. The topological polar surface area (TPSA) is 12.4 Å². The van der Waals surface area contributed by atoms with E-state index in [1.54, 1.807) is 0 Å². The van der Waals surface area contributed by atoms with Gasteiger partial charge in [-0.15, -0.1) is 0 Å². The van der Waals surface area contributed by atoms with Gasteiger partial charge in [-0.1, -0.05) is 19.3 Å². The molecule has 0 aromatic rings. The van der Waals surface area contributed by atoms with E-state index in [-0.39, 0.29) is 0 Å². The van der Waals surface area contributed by atoms with Crippen molar-refractivity contribution in [2.24, 2.45) is 10.9 Å². The van der Waals surface area contributed by atoms with Gasteiger partial charge in [0.1, 0.15) is 0 Å². The maximum atomic E-state index is 4.03. The zero-order valence-electron chi connectivity index (χ0n) is 6.47. The van der Waals surface area contributed by atoms with Crippen molar-refractivity contribution >= 4 is 5.87 Å². The van der Waals surface area contributed by atoms with Crippen LogP contribution in [0.25, 0.3) is 0 Å². The lowest BCUT2D eigenvalue weighted by atomic mass is 9.89.